The summed E-state index contributed by atoms with van der Waals surface area (Å²) in [7, 11) is 1.37. The standard InChI is InChI=1S/C14H16N2O2/c1-18-14(17)13-9-11-6-5-10(4-2-3-7-15)8-12(11)16-13/h2,4-6,8-9,16H,3,7,15H2,1H3. The Hall–Kier alpha value is -2.07. The molecule has 2 aromatic rings. The molecule has 0 aliphatic rings. The minimum absolute atomic E-state index is 0.355. The molecule has 2 rings (SSSR count). The Labute approximate surface area is 105 Å². The lowest BCUT2D eigenvalue weighted by Gasteiger charge is -1.94. The van der Waals surface area contributed by atoms with E-state index < -0.39 is 0 Å². The van der Waals surface area contributed by atoms with Gasteiger partial charge in [-0.25, -0.2) is 4.79 Å². The van der Waals surface area contributed by atoms with E-state index >= 15 is 0 Å². The number of H-pyrrole nitrogens is 1. The van der Waals surface area contributed by atoms with E-state index in [4.69, 9.17) is 5.73 Å². The molecule has 0 spiro atoms. The quantitative estimate of drug-likeness (QED) is 0.811. The number of carbonyl (C=O) groups excluding carboxylic acids is 1. The molecule has 4 nitrogen and oxygen atoms in total. The van der Waals surface area contributed by atoms with Crippen LogP contribution in [0, 0.1) is 0 Å². The summed E-state index contributed by atoms with van der Waals surface area (Å²) in [6, 6.07) is 7.76. The van der Waals surface area contributed by atoms with Crippen LogP contribution in [0.5, 0.6) is 0 Å². The number of hydrogen-bond acceptors (Lipinski definition) is 3. The maximum absolute atomic E-state index is 11.4. The van der Waals surface area contributed by atoms with E-state index in [9.17, 15) is 4.79 Å². The number of fused-ring (bicyclic) bond motifs is 1. The van der Waals surface area contributed by atoms with E-state index in [0.717, 1.165) is 22.9 Å². The van der Waals surface area contributed by atoms with Crippen molar-refractivity contribution in [1.29, 1.82) is 0 Å². The molecular formula is C14H16N2O2. The predicted octanol–water partition coefficient (Wildman–Crippen LogP) is 2.32. The van der Waals surface area contributed by atoms with Crippen molar-refractivity contribution in [3.8, 4) is 0 Å². The Balaban J connectivity index is 2.30. The molecular weight excluding hydrogens is 228 g/mol. The average Bonchev–Trinajstić information content (AvgIpc) is 2.81. The third kappa shape index (κ3) is 2.60. The molecule has 0 unspecified atom stereocenters. The minimum atomic E-state index is -0.355. The Morgan fingerprint density at radius 2 is 2.28 bits per heavy atom. The second kappa shape index (κ2) is 5.51. The van der Waals surface area contributed by atoms with Gasteiger partial charge in [-0.05, 0) is 30.7 Å². The smallest absolute Gasteiger partial charge is 0.354 e. The molecule has 0 fully saturated rings. The number of hydrogen-bond donors (Lipinski definition) is 2. The molecule has 94 valence electrons. The van der Waals surface area contributed by atoms with Crippen LogP contribution in [0.1, 0.15) is 22.5 Å². The van der Waals surface area contributed by atoms with Gasteiger partial charge in [-0.2, -0.15) is 0 Å². The van der Waals surface area contributed by atoms with Gasteiger partial charge in [0.2, 0.25) is 0 Å². The Kier molecular flexibility index (Phi) is 3.79. The molecule has 1 heterocycles. The topological polar surface area (TPSA) is 68.1 Å². The fraction of sp³-hybridized carbons (Fsp3) is 0.214. The summed E-state index contributed by atoms with van der Waals surface area (Å²) < 4.78 is 4.68. The van der Waals surface area contributed by atoms with Crippen LogP contribution in [0.25, 0.3) is 17.0 Å². The molecule has 4 heteroatoms. The van der Waals surface area contributed by atoms with Gasteiger partial charge in [-0.15, -0.1) is 0 Å². The van der Waals surface area contributed by atoms with E-state index in [1.807, 2.05) is 30.4 Å². The molecule has 0 saturated carbocycles. The summed E-state index contributed by atoms with van der Waals surface area (Å²) in [6.07, 6.45) is 4.91. The van der Waals surface area contributed by atoms with Crippen LogP contribution in [-0.2, 0) is 4.74 Å². The molecule has 0 atom stereocenters. The largest absolute Gasteiger partial charge is 0.464 e. The highest BCUT2D eigenvalue weighted by Gasteiger charge is 2.08. The van der Waals surface area contributed by atoms with Gasteiger partial charge >= 0.3 is 5.97 Å². The predicted molar refractivity (Wildman–Crippen MR) is 72.3 cm³/mol. The highest BCUT2D eigenvalue weighted by Crippen LogP contribution is 2.18. The zero-order valence-corrected chi connectivity index (χ0v) is 10.3. The maximum atomic E-state index is 11.4. The third-order valence-corrected chi connectivity index (χ3v) is 2.70. The second-order valence-electron chi connectivity index (χ2n) is 4.00. The summed E-state index contributed by atoms with van der Waals surface area (Å²) in [6.45, 7) is 0.647. The number of aromatic nitrogens is 1. The SMILES string of the molecule is COC(=O)c1cc2ccc(C=CCCN)cc2[nH]1. The first-order valence-electron chi connectivity index (χ1n) is 5.82. The molecule has 0 radical (unpaired) electrons. The number of benzene rings is 1. The zero-order chi connectivity index (χ0) is 13.0. The first-order valence-corrected chi connectivity index (χ1v) is 5.82. The van der Waals surface area contributed by atoms with Crippen molar-refractivity contribution in [2.75, 3.05) is 13.7 Å². The molecule has 1 aromatic carbocycles. The van der Waals surface area contributed by atoms with Crippen LogP contribution < -0.4 is 5.73 Å². The molecule has 0 aliphatic carbocycles. The van der Waals surface area contributed by atoms with E-state index in [-0.39, 0.29) is 5.97 Å². The third-order valence-electron chi connectivity index (χ3n) is 2.70. The van der Waals surface area contributed by atoms with Crippen molar-refractivity contribution < 1.29 is 9.53 Å². The summed E-state index contributed by atoms with van der Waals surface area (Å²) in [5.41, 5.74) is 7.89. The van der Waals surface area contributed by atoms with E-state index in [2.05, 4.69) is 9.72 Å². The molecule has 3 N–H and O–H groups in total. The highest BCUT2D eigenvalue weighted by atomic mass is 16.5. The second-order valence-corrected chi connectivity index (χ2v) is 4.00. The summed E-state index contributed by atoms with van der Waals surface area (Å²) in [5.74, 6) is -0.355. The van der Waals surface area contributed by atoms with Crippen molar-refractivity contribution in [2.24, 2.45) is 5.73 Å². The van der Waals surface area contributed by atoms with Crippen molar-refractivity contribution in [2.45, 2.75) is 6.42 Å². The van der Waals surface area contributed by atoms with Gasteiger partial charge in [-0.1, -0.05) is 24.3 Å². The van der Waals surface area contributed by atoms with Gasteiger partial charge in [0.1, 0.15) is 5.69 Å². The average molecular weight is 244 g/mol. The molecule has 0 amide bonds. The van der Waals surface area contributed by atoms with Crippen molar-refractivity contribution in [1.82, 2.24) is 4.98 Å². The maximum Gasteiger partial charge on any atom is 0.354 e. The van der Waals surface area contributed by atoms with E-state index in [1.165, 1.54) is 7.11 Å². The van der Waals surface area contributed by atoms with Crippen LogP contribution in [0.15, 0.2) is 30.3 Å². The van der Waals surface area contributed by atoms with Crippen LogP contribution in [0.3, 0.4) is 0 Å². The lowest BCUT2D eigenvalue weighted by atomic mass is 10.1. The van der Waals surface area contributed by atoms with Crippen LogP contribution in [0.4, 0.5) is 0 Å². The highest BCUT2D eigenvalue weighted by molar-refractivity contribution is 5.95. The van der Waals surface area contributed by atoms with Crippen molar-refractivity contribution in [3.63, 3.8) is 0 Å². The number of nitrogens with two attached hydrogens (primary N) is 1. The first-order chi connectivity index (χ1) is 8.74. The Morgan fingerprint density at radius 1 is 1.44 bits per heavy atom. The first kappa shape index (κ1) is 12.4. The summed E-state index contributed by atoms with van der Waals surface area (Å²) >= 11 is 0. The number of nitrogens with one attached hydrogen (secondary N) is 1. The number of esters is 1. The number of carbonyl (C=O) groups is 1. The number of aromatic amines is 1. The molecule has 0 bridgehead atoms. The van der Waals surface area contributed by atoms with Gasteiger partial charge in [0.15, 0.2) is 0 Å². The van der Waals surface area contributed by atoms with Crippen molar-refractivity contribution in [3.05, 3.63) is 41.6 Å². The summed E-state index contributed by atoms with van der Waals surface area (Å²) in [5, 5.41) is 0.992. The van der Waals surface area contributed by atoms with Gasteiger partial charge < -0.3 is 15.5 Å². The lowest BCUT2D eigenvalue weighted by Crippen LogP contribution is -2.00. The van der Waals surface area contributed by atoms with Crippen LogP contribution >= 0.6 is 0 Å². The van der Waals surface area contributed by atoms with Crippen LogP contribution in [0.2, 0.25) is 0 Å². The van der Waals surface area contributed by atoms with Crippen LogP contribution in [-0.4, -0.2) is 24.6 Å². The summed E-state index contributed by atoms with van der Waals surface area (Å²) in [4.78, 5) is 14.4. The molecule has 0 aliphatic heterocycles. The fourth-order valence-corrected chi connectivity index (χ4v) is 1.78. The zero-order valence-electron chi connectivity index (χ0n) is 10.3. The number of rotatable bonds is 4. The number of methoxy groups -OCH3 is 1. The fourth-order valence-electron chi connectivity index (χ4n) is 1.78. The number of ether oxygens (including phenoxy) is 1. The van der Waals surface area contributed by atoms with Gasteiger partial charge in [0.05, 0.1) is 7.11 Å². The monoisotopic (exact) mass is 244 g/mol. The van der Waals surface area contributed by atoms with E-state index in [0.29, 0.717) is 12.2 Å². The lowest BCUT2D eigenvalue weighted by molar-refractivity contribution is 0.0595. The molecule has 1 aromatic heterocycles. The Morgan fingerprint density at radius 3 is 3.00 bits per heavy atom. The Bertz CT molecular complexity index is 584. The normalized spacial score (nSPS) is 11.2. The van der Waals surface area contributed by atoms with Gasteiger partial charge in [0, 0.05) is 10.9 Å². The van der Waals surface area contributed by atoms with E-state index in [1.54, 1.807) is 6.07 Å². The molecule has 0 saturated heterocycles. The van der Waals surface area contributed by atoms with Gasteiger partial charge in [-0.3, -0.25) is 0 Å². The van der Waals surface area contributed by atoms with Crippen molar-refractivity contribution >= 4 is 22.9 Å². The molecule has 18 heavy (non-hydrogen) atoms. The minimum Gasteiger partial charge on any atom is -0.464 e. The van der Waals surface area contributed by atoms with Gasteiger partial charge in [0.25, 0.3) is 0 Å².